The zero-order chi connectivity index (χ0) is 19.3. The van der Waals surface area contributed by atoms with Crippen molar-refractivity contribution in [3.8, 4) is 0 Å². The molecule has 1 aliphatic rings. The number of esters is 1. The van der Waals surface area contributed by atoms with Crippen LogP contribution in [-0.4, -0.2) is 38.5 Å². The van der Waals surface area contributed by atoms with E-state index in [2.05, 4.69) is 35.3 Å². The van der Waals surface area contributed by atoms with Gasteiger partial charge in [-0.15, -0.1) is 0 Å². The highest BCUT2D eigenvalue weighted by atomic mass is 32.2. The van der Waals surface area contributed by atoms with E-state index in [0.717, 1.165) is 27.0 Å². The summed E-state index contributed by atoms with van der Waals surface area (Å²) in [6.07, 6.45) is 0.178. The topological polar surface area (TPSA) is 75.2 Å². The Morgan fingerprint density at radius 3 is 2.50 bits per heavy atom. The molecule has 2 atom stereocenters. The molecule has 1 saturated heterocycles. The van der Waals surface area contributed by atoms with Crippen molar-refractivity contribution < 1.29 is 14.6 Å². The molecule has 0 bridgehead atoms. The summed E-state index contributed by atoms with van der Waals surface area (Å²) in [6.45, 7) is 1.69. The average Bonchev–Trinajstić information content (AvgIpc) is 3.10. The summed E-state index contributed by atoms with van der Waals surface area (Å²) in [7, 11) is 0. The van der Waals surface area contributed by atoms with Crippen molar-refractivity contribution >= 4 is 50.3 Å². The first-order valence-electron chi connectivity index (χ1n) is 9.34. The Kier molecular flexibility index (Phi) is 4.07. The standard InChI is InChI=1S/C22H20N2O3S/c1-22(26)10-13(27-18(25)11-22)12-28-21-23-19-16-8-4-2-6-14(16)15-7-3-5-9-17(15)20(19)24-21/h2-9,13,26H,10-12H2,1H3,(H,23,24)/t13-,22-/m1/s1. The summed E-state index contributed by atoms with van der Waals surface area (Å²) >= 11 is 1.52. The van der Waals surface area contributed by atoms with Crippen LogP contribution in [0.2, 0.25) is 0 Å². The summed E-state index contributed by atoms with van der Waals surface area (Å²) in [4.78, 5) is 20.0. The number of hydrogen-bond acceptors (Lipinski definition) is 5. The van der Waals surface area contributed by atoms with E-state index in [1.54, 1.807) is 6.92 Å². The van der Waals surface area contributed by atoms with Gasteiger partial charge in [-0.1, -0.05) is 60.3 Å². The molecule has 2 heterocycles. The minimum Gasteiger partial charge on any atom is -0.461 e. The average molecular weight is 392 g/mol. The summed E-state index contributed by atoms with van der Waals surface area (Å²) < 4.78 is 5.40. The molecule has 6 heteroatoms. The molecule has 3 aromatic carbocycles. The van der Waals surface area contributed by atoms with Crippen molar-refractivity contribution in [2.75, 3.05) is 5.75 Å². The molecule has 1 aromatic heterocycles. The number of imidazole rings is 1. The zero-order valence-electron chi connectivity index (χ0n) is 15.4. The normalized spacial score (nSPS) is 22.8. The molecule has 0 aliphatic carbocycles. The van der Waals surface area contributed by atoms with Crippen LogP contribution in [0.5, 0.6) is 0 Å². The lowest BCUT2D eigenvalue weighted by molar-refractivity contribution is -0.165. The van der Waals surface area contributed by atoms with Gasteiger partial charge in [-0.05, 0) is 17.7 Å². The number of rotatable bonds is 3. The number of H-pyrrole nitrogens is 1. The maximum atomic E-state index is 11.7. The highest BCUT2D eigenvalue weighted by Crippen LogP contribution is 2.35. The molecular weight excluding hydrogens is 372 g/mol. The first-order valence-corrected chi connectivity index (χ1v) is 10.3. The number of aromatic amines is 1. The molecule has 0 amide bonds. The predicted molar refractivity (Wildman–Crippen MR) is 112 cm³/mol. The Labute approximate surface area is 166 Å². The number of aliphatic hydroxyl groups is 1. The maximum Gasteiger partial charge on any atom is 0.309 e. The molecule has 0 spiro atoms. The van der Waals surface area contributed by atoms with Gasteiger partial charge in [0.1, 0.15) is 6.10 Å². The molecule has 0 saturated carbocycles. The van der Waals surface area contributed by atoms with Crippen molar-refractivity contribution in [3.63, 3.8) is 0 Å². The Morgan fingerprint density at radius 1 is 1.14 bits per heavy atom. The van der Waals surface area contributed by atoms with Crippen molar-refractivity contribution in [2.45, 2.75) is 36.6 Å². The summed E-state index contributed by atoms with van der Waals surface area (Å²) in [5.41, 5.74) is 0.967. The molecule has 2 N–H and O–H groups in total. The van der Waals surface area contributed by atoms with Crippen LogP contribution in [0.25, 0.3) is 32.6 Å². The van der Waals surface area contributed by atoms with Gasteiger partial charge in [-0.2, -0.15) is 0 Å². The van der Waals surface area contributed by atoms with Crippen molar-refractivity contribution in [1.82, 2.24) is 9.97 Å². The first-order chi connectivity index (χ1) is 13.5. The van der Waals surface area contributed by atoms with Gasteiger partial charge < -0.3 is 14.8 Å². The number of ether oxygens (including phenoxy) is 1. The molecular formula is C22H20N2O3S. The van der Waals surface area contributed by atoms with Crippen molar-refractivity contribution in [1.29, 1.82) is 0 Å². The SMILES string of the molecule is C[C@]1(O)CC(=O)O[C@@H](CSc2nc3c4ccccc4c4ccccc4c3[nH]2)C1. The zero-order valence-corrected chi connectivity index (χ0v) is 16.3. The highest BCUT2D eigenvalue weighted by molar-refractivity contribution is 7.99. The van der Waals surface area contributed by atoms with Crippen LogP contribution in [0.3, 0.4) is 0 Å². The number of hydrogen-bond donors (Lipinski definition) is 2. The largest absolute Gasteiger partial charge is 0.461 e. The number of aromatic nitrogens is 2. The van der Waals surface area contributed by atoms with Crippen molar-refractivity contribution in [3.05, 3.63) is 48.5 Å². The number of nitrogens with zero attached hydrogens (tertiary/aromatic N) is 1. The van der Waals surface area contributed by atoms with Crippen LogP contribution in [-0.2, 0) is 9.53 Å². The Balaban J connectivity index is 1.53. The molecule has 0 radical (unpaired) electrons. The second-order valence-corrected chi connectivity index (χ2v) is 8.67. The van der Waals surface area contributed by atoms with Crippen LogP contribution in [0.4, 0.5) is 0 Å². The predicted octanol–water partition coefficient (Wildman–Crippen LogP) is 4.42. The third-order valence-electron chi connectivity index (χ3n) is 5.25. The van der Waals surface area contributed by atoms with E-state index < -0.39 is 5.60 Å². The van der Waals surface area contributed by atoms with Crippen LogP contribution in [0.1, 0.15) is 19.8 Å². The Bertz CT molecular complexity index is 1140. The smallest absolute Gasteiger partial charge is 0.309 e. The lowest BCUT2D eigenvalue weighted by Gasteiger charge is -2.32. The quantitative estimate of drug-likeness (QED) is 0.307. The fourth-order valence-electron chi connectivity index (χ4n) is 4.08. The summed E-state index contributed by atoms with van der Waals surface area (Å²) in [5.74, 6) is 0.209. The number of cyclic esters (lactones) is 1. The molecule has 1 aliphatic heterocycles. The van der Waals surface area contributed by atoms with E-state index in [1.165, 1.54) is 22.5 Å². The van der Waals surface area contributed by atoms with Gasteiger partial charge in [0.25, 0.3) is 0 Å². The van der Waals surface area contributed by atoms with Crippen LogP contribution >= 0.6 is 11.8 Å². The van der Waals surface area contributed by atoms with Gasteiger partial charge >= 0.3 is 5.97 Å². The molecule has 0 unspecified atom stereocenters. The minimum atomic E-state index is -0.999. The van der Waals surface area contributed by atoms with Crippen LogP contribution < -0.4 is 0 Å². The van der Waals surface area contributed by atoms with Gasteiger partial charge in [0.05, 0.1) is 23.1 Å². The number of carbonyl (C=O) groups excluding carboxylic acids is 1. The van der Waals surface area contributed by atoms with E-state index in [0.29, 0.717) is 12.2 Å². The Morgan fingerprint density at radius 2 is 1.79 bits per heavy atom. The monoisotopic (exact) mass is 392 g/mol. The van der Waals surface area contributed by atoms with E-state index in [9.17, 15) is 9.90 Å². The van der Waals surface area contributed by atoms with Gasteiger partial charge in [0.15, 0.2) is 5.16 Å². The maximum absolute atomic E-state index is 11.7. The van der Waals surface area contributed by atoms with Gasteiger partial charge in [0, 0.05) is 22.9 Å². The van der Waals surface area contributed by atoms with Gasteiger partial charge in [-0.25, -0.2) is 4.98 Å². The first kappa shape index (κ1) is 17.5. The minimum absolute atomic E-state index is 0.0524. The molecule has 4 aromatic rings. The lowest BCUT2D eigenvalue weighted by atomic mass is 9.93. The highest BCUT2D eigenvalue weighted by Gasteiger charge is 2.36. The molecule has 5 nitrogen and oxygen atoms in total. The third kappa shape index (κ3) is 3.02. The fourth-order valence-corrected chi connectivity index (χ4v) is 4.94. The summed E-state index contributed by atoms with van der Waals surface area (Å²) in [5, 5.41) is 15.7. The summed E-state index contributed by atoms with van der Waals surface area (Å²) in [6, 6.07) is 16.6. The number of carbonyl (C=O) groups is 1. The van der Waals surface area contributed by atoms with Gasteiger partial charge in [-0.3, -0.25) is 4.79 Å². The van der Waals surface area contributed by atoms with Crippen LogP contribution in [0.15, 0.2) is 53.7 Å². The molecule has 1 fully saturated rings. The second-order valence-electron chi connectivity index (χ2n) is 7.66. The van der Waals surface area contributed by atoms with E-state index in [4.69, 9.17) is 9.72 Å². The molecule has 5 rings (SSSR count). The molecule has 142 valence electrons. The lowest BCUT2D eigenvalue weighted by Crippen LogP contribution is -2.41. The Hall–Kier alpha value is -2.57. The van der Waals surface area contributed by atoms with E-state index in [1.807, 2.05) is 18.2 Å². The second kappa shape index (κ2) is 6.50. The number of benzene rings is 3. The number of nitrogens with one attached hydrogen (secondary N) is 1. The van der Waals surface area contributed by atoms with E-state index in [-0.39, 0.29) is 18.5 Å². The van der Waals surface area contributed by atoms with Crippen molar-refractivity contribution in [2.24, 2.45) is 0 Å². The number of fused-ring (bicyclic) bond motifs is 6. The molecule has 28 heavy (non-hydrogen) atoms. The fraction of sp³-hybridized carbons (Fsp3) is 0.273. The third-order valence-corrected chi connectivity index (χ3v) is 6.25. The van der Waals surface area contributed by atoms with Crippen LogP contribution in [0, 0.1) is 0 Å². The number of thioether (sulfide) groups is 1. The van der Waals surface area contributed by atoms with E-state index >= 15 is 0 Å². The van der Waals surface area contributed by atoms with Gasteiger partial charge in [0.2, 0.25) is 0 Å².